The molecule has 1 saturated carbocycles. The average molecular weight is 304 g/mol. The molecule has 22 heavy (non-hydrogen) atoms. The van der Waals surface area contributed by atoms with Crippen LogP contribution in [0.2, 0.25) is 0 Å². The van der Waals surface area contributed by atoms with Gasteiger partial charge in [0.15, 0.2) is 5.82 Å². The highest BCUT2D eigenvalue weighted by Crippen LogP contribution is 2.23. The Bertz CT molecular complexity index is 680. The van der Waals surface area contributed by atoms with Gasteiger partial charge in [-0.25, -0.2) is 9.18 Å². The summed E-state index contributed by atoms with van der Waals surface area (Å²) in [7, 11) is 0. The fourth-order valence-corrected chi connectivity index (χ4v) is 2.63. The molecule has 0 spiro atoms. The Hall–Kier alpha value is -2.44. The molecule has 116 valence electrons. The van der Waals surface area contributed by atoms with Gasteiger partial charge in [0.1, 0.15) is 17.6 Å². The number of aromatic nitrogens is 3. The fraction of sp³-hybridized carbons (Fsp3) is 0.400. The monoisotopic (exact) mass is 304 g/mol. The smallest absolute Gasteiger partial charge is 0.363 e. The van der Waals surface area contributed by atoms with Gasteiger partial charge in [0.25, 0.3) is 0 Å². The third-order valence-corrected chi connectivity index (χ3v) is 3.80. The van der Waals surface area contributed by atoms with E-state index in [1.54, 1.807) is 12.1 Å². The molecule has 0 amide bonds. The van der Waals surface area contributed by atoms with Gasteiger partial charge >= 0.3 is 5.97 Å². The normalized spacial score (nSPS) is 15.7. The van der Waals surface area contributed by atoms with Crippen molar-refractivity contribution >= 4 is 11.8 Å². The van der Waals surface area contributed by atoms with Crippen LogP contribution < -0.4 is 5.73 Å². The lowest BCUT2D eigenvalue weighted by atomic mass is 9.98. The molecule has 1 aliphatic rings. The van der Waals surface area contributed by atoms with Gasteiger partial charge in [0.2, 0.25) is 5.69 Å². The third-order valence-electron chi connectivity index (χ3n) is 3.80. The van der Waals surface area contributed by atoms with Crippen molar-refractivity contribution in [2.75, 3.05) is 5.73 Å². The van der Waals surface area contributed by atoms with E-state index < -0.39 is 11.8 Å². The topological polar surface area (TPSA) is 83.0 Å². The maximum atomic E-state index is 13.8. The molecule has 1 aromatic heterocycles. The maximum absolute atomic E-state index is 13.8. The zero-order valence-corrected chi connectivity index (χ0v) is 12.0. The lowest BCUT2D eigenvalue weighted by molar-refractivity contribution is 0.0205. The van der Waals surface area contributed by atoms with Crippen molar-refractivity contribution in [2.24, 2.45) is 0 Å². The largest absolute Gasteiger partial charge is 0.458 e. The first kappa shape index (κ1) is 14.5. The number of benzene rings is 1. The van der Waals surface area contributed by atoms with E-state index in [1.807, 2.05) is 0 Å². The minimum absolute atomic E-state index is 0.0223. The first-order chi connectivity index (χ1) is 10.7. The van der Waals surface area contributed by atoms with E-state index in [2.05, 4.69) is 10.3 Å². The first-order valence-corrected chi connectivity index (χ1v) is 7.34. The minimum atomic E-state index is -0.605. The van der Waals surface area contributed by atoms with Crippen molar-refractivity contribution in [3.63, 3.8) is 0 Å². The number of carbonyl (C=O) groups is 1. The number of carbonyl (C=O) groups excluding carboxylic acids is 1. The zero-order chi connectivity index (χ0) is 15.5. The fourth-order valence-electron chi connectivity index (χ4n) is 2.63. The number of nitrogen functional groups attached to an aromatic ring is 1. The minimum Gasteiger partial charge on any atom is -0.458 e. The van der Waals surface area contributed by atoms with Crippen LogP contribution in [0.15, 0.2) is 24.3 Å². The van der Waals surface area contributed by atoms with E-state index in [0.717, 1.165) is 30.4 Å². The van der Waals surface area contributed by atoms with Crippen LogP contribution in [0.3, 0.4) is 0 Å². The number of hydrogen-bond donors (Lipinski definition) is 1. The lowest BCUT2D eigenvalue weighted by Gasteiger charge is -2.21. The zero-order valence-electron chi connectivity index (χ0n) is 12.0. The average Bonchev–Trinajstić information content (AvgIpc) is 2.90. The molecule has 1 heterocycles. The molecule has 2 N–H and O–H groups in total. The van der Waals surface area contributed by atoms with Crippen LogP contribution in [-0.4, -0.2) is 27.1 Å². The summed E-state index contributed by atoms with van der Waals surface area (Å²) in [6.45, 7) is 0. The second-order valence-electron chi connectivity index (χ2n) is 5.35. The molecule has 0 atom stereocenters. The molecule has 7 heteroatoms. The number of ether oxygens (including phenoxy) is 1. The highest BCUT2D eigenvalue weighted by molar-refractivity contribution is 5.92. The van der Waals surface area contributed by atoms with Gasteiger partial charge in [-0.2, -0.15) is 4.68 Å². The van der Waals surface area contributed by atoms with Crippen molar-refractivity contribution in [3.8, 4) is 5.69 Å². The Morgan fingerprint density at radius 1 is 1.27 bits per heavy atom. The molecule has 0 aliphatic heterocycles. The first-order valence-electron chi connectivity index (χ1n) is 7.34. The summed E-state index contributed by atoms with van der Waals surface area (Å²) in [5.74, 6) is -1.12. The second-order valence-corrected chi connectivity index (χ2v) is 5.35. The molecular weight excluding hydrogens is 287 g/mol. The lowest BCUT2D eigenvalue weighted by Crippen LogP contribution is -2.21. The van der Waals surface area contributed by atoms with Crippen molar-refractivity contribution in [3.05, 3.63) is 35.8 Å². The van der Waals surface area contributed by atoms with Crippen molar-refractivity contribution in [1.82, 2.24) is 15.0 Å². The van der Waals surface area contributed by atoms with Crippen LogP contribution in [0.5, 0.6) is 0 Å². The van der Waals surface area contributed by atoms with Crippen molar-refractivity contribution in [2.45, 2.75) is 38.2 Å². The quantitative estimate of drug-likeness (QED) is 0.881. The SMILES string of the molecule is Nc1c(C(=O)OC2CCCCC2)nnn1-c1ccccc1F. The van der Waals surface area contributed by atoms with Gasteiger partial charge in [-0.3, -0.25) is 0 Å². The number of nitrogens with zero attached hydrogens (tertiary/aromatic N) is 3. The van der Waals surface area contributed by atoms with E-state index in [9.17, 15) is 9.18 Å². The summed E-state index contributed by atoms with van der Waals surface area (Å²) in [4.78, 5) is 12.2. The maximum Gasteiger partial charge on any atom is 0.363 e. The summed E-state index contributed by atoms with van der Waals surface area (Å²) in [5.41, 5.74) is 5.95. The van der Waals surface area contributed by atoms with Crippen LogP contribution in [-0.2, 0) is 4.74 Å². The highest BCUT2D eigenvalue weighted by atomic mass is 19.1. The van der Waals surface area contributed by atoms with E-state index in [1.165, 1.54) is 18.6 Å². The van der Waals surface area contributed by atoms with Gasteiger partial charge in [-0.1, -0.05) is 23.8 Å². The predicted molar refractivity (Wildman–Crippen MR) is 78.0 cm³/mol. The summed E-state index contributed by atoms with van der Waals surface area (Å²) in [5, 5.41) is 7.51. The van der Waals surface area contributed by atoms with Gasteiger partial charge in [0.05, 0.1) is 0 Å². The molecule has 0 radical (unpaired) electrons. The number of anilines is 1. The molecule has 0 saturated heterocycles. The van der Waals surface area contributed by atoms with Crippen LogP contribution in [0.25, 0.3) is 5.69 Å². The summed E-state index contributed by atoms with van der Waals surface area (Å²) < 4.78 is 20.3. The van der Waals surface area contributed by atoms with Crippen molar-refractivity contribution in [1.29, 1.82) is 0 Å². The van der Waals surface area contributed by atoms with Crippen LogP contribution in [0.1, 0.15) is 42.6 Å². The molecule has 1 aliphatic carbocycles. The molecular formula is C15H17FN4O2. The van der Waals surface area contributed by atoms with Crippen LogP contribution >= 0.6 is 0 Å². The number of rotatable bonds is 3. The molecule has 6 nitrogen and oxygen atoms in total. The standard InChI is InChI=1S/C15H17FN4O2/c16-11-8-4-5-9-12(11)20-14(17)13(18-19-20)15(21)22-10-6-2-1-3-7-10/h4-5,8-10H,1-3,6-7,17H2. The van der Waals surface area contributed by atoms with Gasteiger partial charge < -0.3 is 10.5 Å². The van der Waals surface area contributed by atoms with E-state index in [4.69, 9.17) is 10.5 Å². The van der Waals surface area contributed by atoms with Crippen LogP contribution in [0, 0.1) is 5.82 Å². The summed E-state index contributed by atoms with van der Waals surface area (Å²) >= 11 is 0. The molecule has 2 aromatic rings. The van der Waals surface area contributed by atoms with E-state index in [-0.39, 0.29) is 23.3 Å². The third kappa shape index (κ3) is 2.79. The number of esters is 1. The molecule has 1 fully saturated rings. The highest BCUT2D eigenvalue weighted by Gasteiger charge is 2.24. The molecule has 0 bridgehead atoms. The number of halogens is 1. The molecule has 1 aromatic carbocycles. The van der Waals surface area contributed by atoms with Gasteiger partial charge in [-0.05, 0) is 37.8 Å². The predicted octanol–water partition coefficient (Wildman–Crippen LogP) is 2.48. The second kappa shape index (κ2) is 6.13. The molecule has 3 rings (SSSR count). The van der Waals surface area contributed by atoms with Gasteiger partial charge in [0, 0.05) is 0 Å². The van der Waals surface area contributed by atoms with Crippen molar-refractivity contribution < 1.29 is 13.9 Å². The number of hydrogen-bond acceptors (Lipinski definition) is 5. The summed E-state index contributed by atoms with van der Waals surface area (Å²) in [6.07, 6.45) is 4.88. The van der Waals surface area contributed by atoms with Gasteiger partial charge in [-0.15, -0.1) is 5.10 Å². The number of para-hydroxylation sites is 1. The Morgan fingerprint density at radius 3 is 2.73 bits per heavy atom. The van der Waals surface area contributed by atoms with Crippen LogP contribution in [0.4, 0.5) is 10.2 Å². The van der Waals surface area contributed by atoms with E-state index in [0.29, 0.717) is 0 Å². The Morgan fingerprint density at radius 2 is 2.00 bits per heavy atom. The Kier molecular flexibility index (Phi) is 4.04. The Balaban J connectivity index is 1.81. The number of nitrogens with two attached hydrogens (primary N) is 1. The summed E-state index contributed by atoms with van der Waals surface area (Å²) in [6, 6.07) is 6.01. The van der Waals surface area contributed by atoms with E-state index >= 15 is 0 Å². The Labute approximate surface area is 127 Å². The molecule has 0 unspecified atom stereocenters.